The number of para-hydroxylation sites is 1. The molecule has 1 atom stereocenters. The molecule has 3 rings (SSSR count). The van der Waals surface area contributed by atoms with Crippen molar-refractivity contribution < 1.29 is 8.42 Å². The fraction of sp³-hybridized carbons (Fsp3) is 0.308. The van der Waals surface area contributed by atoms with Gasteiger partial charge in [0.1, 0.15) is 10.7 Å². The summed E-state index contributed by atoms with van der Waals surface area (Å²) in [5.74, 6) is 0.760. The minimum Gasteiger partial charge on any atom is -0.342 e. The van der Waals surface area contributed by atoms with Crippen molar-refractivity contribution in [2.75, 3.05) is 5.32 Å². The fourth-order valence-electron chi connectivity index (χ4n) is 2.35. The molecule has 0 saturated carbocycles. The van der Waals surface area contributed by atoms with Crippen LogP contribution in [-0.4, -0.2) is 14.3 Å². The molecule has 1 N–H and O–H groups in total. The van der Waals surface area contributed by atoms with Crippen LogP contribution in [0.1, 0.15) is 19.3 Å². The zero-order valence-corrected chi connectivity index (χ0v) is 10.7. The molecule has 0 saturated heterocycles. The average molecular weight is 262 g/mol. The Morgan fingerprint density at radius 3 is 2.83 bits per heavy atom. The van der Waals surface area contributed by atoms with Gasteiger partial charge in [-0.3, -0.25) is 0 Å². The van der Waals surface area contributed by atoms with E-state index in [1.165, 1.54) is 0 Å². The molecule has 0 amide bonds. The van der Waals surface area contributed by atoms with Gasteiger partial charge in [-0.05, 0) is 31.4 Å². The topological polar surface area (TPSA) is 58.5 Å². The zero-order chi connectivity index (χ0) is 12.6. The average Bonchev–Trinajstić information content (AvgIpc) is 2.39. The van der Waals surface area contributed by atoms with E-state index in [4.69, 9.17) is 0 Å². The van der Waals surface area contributed by atoms with Crippen molar-refractivity contribution in [2.24, 2.45) is 10.3 Å². The van der Waals surface area contributed by atoms with Gasteiger partial charge in [0.05, 0.1) is 5.69 Å². The minimum absolute atomic E-state index is 0.179. The maximum atomic E-state index is 12.1. The fourth-order valence-corrected chi connectivity index (χ4v) is 3.55. The van der Waals surface area contributed by atoms with Gasteiger partial charge >= 0.3 is 0 Å². The third-order valence-corrected chi connectivity index (χ3v) is 4.65. The number of fused-ring (bicyclic) bond motifs is 1. The Morgan fingerprint density at radius 1 is 1.22 bits per heavy atom. The van der Waals surface area contributed by atoms with Gasteiger partial charge < -0.3 is 5.32 Å². The number of amidine groups is 1. The van der Waals surface area contributed by atoms with Crippen LogP contribution in [0.4, 0.5) is 5.69 Å². The molecule has 5 heteroatoms. The molecular formula is C13H14N2O2S. The normalized spacial score (nSPS) is 24.9. The van der Waals surface area contributed by atoms with Crippen LogP contribution in [-0.2, 0) is 10.0 Å². The number of nitrogens with one attached hydrogen (secondary N) is 1. The molecule has 0 unspecified atom stereocenters. The lowest BCUT2D eigenvalue weighted by molar-refractivity contribution is 0.591. The Morgan fingerprint density at radius 2 is 2.06 bits per heavy atom. The summed E-state index contributed by atoms with van der Waals surface area (Å²) in [6, 6.07) is 6.89. The molecule has 18 heavy (non-hydrogen) atoms. The summed E-state index contributed by atoms with van der Waals surface area (Å²) in [4.78, 5) is 0.264. The number of anilines is 1. The van der Waals surface area contributed by atoms with E-state index in [1.54, 1.807) is 18.2 Å². The SMILES string of the molecule is O=S1(=O)N=C([C@@H]2CC=CCC2)Nc2ccccc21. The van der Waals surface area contributed by atoms with E-state index < -0.39 is 10.0 Å². The lowest BCUT2D eigenvalue weighted by atomic mass is 9.93. The van der Waals surface area contributed by atoms with E-state index in [9.17, 15) is 8.42 Å². The van der Waals surface area contributed by atoms with E-state index in [2.05, 4.69) is 21.9 Å². The number of benzene rings is 1. The first-order valence-corrected chi connectivity index (χ1v) is 7.47. The highest BCUT2D eigenvalue weighted by Crippen LogP contribution is 2.30. The highest BCUT2D eigenvalue weighted by molar-refractivity contribution is 7.90. The number of allylic oxidation sites excluding steroid dienone is 2. The quantitative estimate of drug-likeness (QED) is 0.791. The summed E-state index contributed by atoms with van der Waals surface area (Å²) in [7, 11) is -3.54. The van der Waals surface area contributed by atoms with Gasteiger partial charge in [0.15, 0.2) is 0 Å². The predicted molar refractivity (Wildman–Crippen MR) is 71.2 cm³/mol. The van der Waals surface area contributed by atoms with E-state index >= 15 is 0 Å². The van der Waals surface area contributed by atoms with Crippen molar-refractivity contribution in [2.45, 2.75) is 24.2 Å². The van der Waals surface area contributed by atoms with Crippen LogP contribution in [0.15, 0.2) is 45.7 Å². The number of hydrogen-bond acceptors (Lipinski definition) is 3. The van der Waals surface area contributed by atoms with Crippen LogP contribution >= 0.6 is 0 Å². The smallest absolute Gasteiger partial charge is 0.286 e. The van der Waals surface area contributed by atoms with Gasteiger partial charge in [-0.15, -0.1) is 4.40 Å². The van der Waals surface area contributed by atoms with Gasteiger partial charge in [0.2, 0.25) is 0 Å². The molecule has 0 bridgehead atoms. The summed E-state index contributed by atoms with van der Waals surface area (Å²) < 4.78 is 28.1. The zero-order valence-electron chi connectivity index (χ0n) is 9.83. The number of nitrogens with zero attached hydrogens (tertiary/aromatic N) is 1. The Labute approximate surface area is 106 Å². The Kier molecular flexibility index (Phi) is 2.70. The van der Waals surface area contributed by atoms with Gasteiger partial charge in [-0.25, -0.2) is 0 Å². The van der Waals surface area contributed by atoms with Gasteiger partial charge in [-0.1, -0.05) is 24.3 Å². The highest BCUT2D eigenvalue weighted by Gasteiger charge is 2.28. The van der Waals surface area contributed by atoms with Crippen LogP contribution in [0.25, 0.3) is 0 Å². The molecule has 1 aromatic rings. The van der Waals surface area contributed by atoms with Crippen molar-refractivity contribution in [1.82, 2.24) is 0 Å². The molecule has 1 heterocycles. The first kappa shape index (κ1) is 11.5. The maximum absolute atomic E-state index is 12.1. The van der Waals surface area contributed by atoms with Crippen LogP contribution in [0.3, 0.4) is 0 Å². The molecular weight excluding hydrogens is 248 g/mol. The van der Waals surface area contributed by atoms with Crippen LogP contribution in [0, 0.1) is 5.92 Å². The number of sulfonamides is 1. The summed E-state index contributed by atoms with van der Waals surface area (Å²) in [6.45, 7) is 0. The second-order valence-electron chi connectivity index (χ2n) is 4.55. The Bertz CT molecular complexity index is 632. The summed E-state index contributed by atoms with van der Waals surface area (Å²) in [5, 5.41) is 3.16. The van der Waals surface area contributed by atoms with E-state index in [-0.39, 0.29) is 10.8 Å². The second kappa shape index (κ2) is 4.24. The molecule has 2 aliphatic rings. The van der Waals surface area contributed by atoms with E-state index in [0.717, 1.165) is 19.3 Å². The molecule has 94 valence electrons. The second-order valence-corrected chi connectivity index (χ2v) is 6.13. The lowest BCUT2D eigenvalue weighted by Gasteiger charge is -2.25. The van der Waals surface area contributed by atoms with Gasteiger partial charge in [-0.2, -0.15) is 8.42 Å². The summed E-state index contributed by atoms with van der Waals surface area (Å²) >= 11 is 0. The predicted octanol–water partition coefficient (Wildman–Crippen LogP) is 2.56. The summed E-state index contributed by atoms with van der Waals surface area (Å²) in [5.41, 5.74) is 0.636. The molecule has 0 spiro atoms. The van der Waals surface area contributed by atoms with Crippen LogP contribution < -0.4 is 5.32 Å². The van der Waals surface area contributed by atoms with Crippen LogP contribution in [0.5, 0.6) is 0 Å². The van der Waals surface area contributed by atoms with Gasteiger partial charge in [0.25, 0.3) is 10.0 Å². The first-order chi connectivity index (χ1) is 8.67. The molecule has 0 aromatic heterocycles. The monoisotopic (exact) mass is 262 g/mol. The maximum Gasteiger partial charge on any atom is 0.286 e. The standard InChI is InChI=1S/C13H14N2O2S/c16-18(17)12-9-5-4-8-11(12)14-13(15-18)10-6-2-1-3-7-10/h1-2,4-5,8-10H,3,6-7H2,(H,14,15)/t10-/m1/s1. The Hall–Kier alpha value is -1.62. The number of hydrogen-bond donors (Lipinski definition) is 1. The molecule has 4 nitrogen and oxygen atoms in total. The Balaban J connectivity index is 2.01. The molecule has 0 radical (unpaired) electrons. The third-order valence-electron chi connectivity index (χ3n) is 3.30. The molecule has 0 fully saturated rings. The molecule has 1 aliphatic heterocycles. The third kappa shape index (κ3) is 1.95. The lowest BCUT2D eigenvalue weighted by Crippen LogP contribution is -2.29. The molecule has 1 aliphatic carbocycles. The highest BCUT2D eigenvalue weighted by atomic mass is 32.2. The minimum atomic E-state index is -3.54. The van der Waals surface area contributed by atoms with E-state index in [0.29, 0.717) is 11.5 Å². The van der Waals surface area contributed by atoms with Crippen molar-refractivity contribution in [3.8, 4) is 0 Å². The van der Waals surface area contributed by atoms with E-state index in [1.807, 2.05) is 6.07 Å². The molecule has 1 aromatic carbocycles. The first-order valence-electron chi connectivity index (χ1n) is 6.03. The van der Waals surface area contributed by atoms with Crippen LogP contribution in [0.2, 0.25) is 0 Å². The van der Waals surface area contributed by atoms with Gasteiger partial charge in [0, 0.05) is 5.92 Å². The van der Waals surface area contributed by atoms with Crippen molar-refractivity contribution in [3.05, 3.63) is 36.4 Å². The number of rotatable bonds is 1. The largest absolute Gasteiger partial charge is 0.342 e. The summed E-state index contributed by atoms with van der Waals surface area (Å²) in [6.07, 6.45) is 6.99. The van der Waals surface area contributed by atoms with Crippen molar-refractivity contribution in [1.29, 1.82) is 0 Å². The van der Waals surface area contributed by atoms with Crippen molar-refractivity contribution >= 4 is 21.5 Å². The van der Waals surface area contributed by atoms with Crippen molar-refractivity contribution in [3.63, 3.8) is 0 Å².